The summed E-state index contributed by atoms with van der Waals surface area (Å²) in [4.78, 5) is 11.5. The summed E-state index contributed by atoms with van der Waals surface area (Å²) in [6, 6.07) is -0.0463. The summed E-state index contributed by atoms with van der Waals surface area (Å²) in [7, 11) is 3.07. The Hall–Kier alpha value is -0.650. The van der Waals surface area contributed by atoms with Crippen molar-refractivity contribution >= 4 is 5.97 Å². The van der Waals surface area contributed by atoms with Crippen LogP contribution in [0.1, 0.15) is 26.7 Å². The number of carbonyl (C=O) groups excluding carboxylic acids is 1. The average Bonchev–Trinajstić information content (AvgIpc) is 2.30. The van der Waals surface area contributed by atoms with Gasteiger partial charge in [-0.1, -0.05) is 13.8 Å². The van der Waals surface area contributed by atoms with E-state index >= 15 is 0 Å². The van der Waals surface area contributed by atoms with Gasteiger partial charge in [0.2, 0.25) is 0 Å². The Kier molecular flexibility index (Phi) is 10.1. The highest BCUT2D eigenvalue weighted by atomic mass is 16.5. The predicted octanol–water partition coefficient (Wildman–Crippen LogP) is 0.969. The maximum Gasteiger partial charge on any atom is 0.322 e. The minimum Gasteiger partial charge on any atom is -0.468 e. The van der Waals surface area contributed by atoms with Crippen LogP contribution in [-0.4, -0.2) is 52.1 Å². The topological polar surface area (TPSA) is 56.8 Å². The van der Waals surface area contributed by atoms with Crippen LogP contribution in [0.4, 0.5) is 0 Å². The normalized spacial score (nSPS) is 12.8. The van der Waals surface area contributed by atoms with Gasteiger partial charge in [0.15, 0.2) is 0 Å². The van der Waals surface area contributed by atoms with Gasteiger partial charge in [-0.3, -0.25) is 4.79 Å². The molecule has 17 heavy (non-hydrogen) atoms. The predicted molar refractivity (Wildman–Crippen MR) is 66.0 cm³/mol. The number of nitrogens with one attached hydrogen (secondary N) is 1. The van der Waals surface area contributed by atoms with E-state index in [2.05, 4.69) is 5.32 Å². The second-order valence-corrected chi connectivity index (χ2v) is 4.14. The molecule has 0 aromatic carbocycles. The molecule has 1 atom stereocenters. The van der Waals surface area contributed by atoms with Crippen LogP contribution < -0.4 is 5.32 Å². The van der Waals surface area contributed by atoms with Crippen LogP contribution in [0.5, 0.6) is 0 Å². The molecule has 5 heteroatoms. The molecule has 0 spiro atoms. The molecular weight excluding hydrogens is 222 g/mol. The van der Waals surface area contributed by atoms with E-state index < -0.39 is 0 Å². The Morgan fingerprint density at radius 2 is 1.88 bits per heavy atom. The Labute approximate surface area is 104 Å². The van der Waals surface area contributed by atoms with Gasteiger partial charge in [0, 0.05) is 33.0 Å². The Balaban J connectivity index is 3.72. The van der Waals surface area contributed by atoms with E-state index in [1.54, 1.807) is 7.11 Å². The zero-order valence-corrected chi connectivity index (χ0v) is 11.3. The second-order valence-electron chi connectivity index (χ2n) is 4.14. The molecule has 1 unspecified atom stereocenters. The van der Waals surface area contributed by atoms with E-state index in [1.807, 2.05) is 13.8 Å². The molecule has 0 aromatic rings. The minimum atomic E-state index is -0.289. The molecule has 0 aliphatic heterocycles. The van der Waals surface area contributed by atoms with Crippen molar-refractivity contribution in [1.29, 1.82) is 0 Å². The first-order chi connectivity index (χ1) is 8.11. The zero-order chi connectivity index (χ0) is 13.1. The second kappa shape index (κ2) is 10.5. The molecule has 0 radical (unpaired) electrons. The van der Waals surface area contributed by atoms with E-state index in [0.717, 1.165) is 6.42 Å². The van der Waals surface area contributed by atoms with Gasteiger partial charge in [-0.2, -0.15) is 0 Å². The summed E-state index contributed by atoms with van der Waals surface area (Å²) in [5.41, 5.74) is 0. The van der Waals surface area contributed by atoms with Gasteiger partial charge < -0.3 is 19.5 Å². The van der Waals surface area contributed by atoms with E-state index in [1.165, 1.54) is 7.11 Å². The van der Waals surface area contributed by atoms with Gasteiger partial charge in [-0.15, -0.1) is 0 Å². The van der Waals surface area contributed by atoms with Crippen LogP contribution in [0.2, 0.25) is 0 Å². The van der Waals surface area contributed by atoms with E-state index in [-0.39, 0.29) is 18.1 Å². The summed E-state index contributed by atoms with van der Waals surface area (Å²) in [5.74, 6) is -0.237. The SMILES string of the molecule is COCCCOCCC(NC(C)C)C(=O)OC. The van der Waals surface area contributed by atoms with Crippen LogP contribution in [0.3, 0.4) is 0 Å². The van der Waals surface area contributed by atoms with E-state index in [9.17, 15) is 4.79 Å². The summed E-state index contributed by atoms with van der Waals surface area (Å²) in [6.45, 7) is 5.89. The van der Waals surface area contributed by atoms with Crippen molar-refractivity contribution in [3.8, 4) is 0 Å². The molecule has 0 aliphatic rings. The van der Waals surface area contributed by atoms with Crippen molar-refractivity contribution in [3.63, 3.8) is 0 Å². The van der Waals surface area contributed by atoms with Gasteiger partial charge in [0.05, 0.1) is 7.11 Å². The highest BCUT2D eigenvalue weighted by molar-refractivity contribution is 5.75. The van der Waals surface area contributed by atoms with Crippen molar-refractivity contribution in [2.45, 2.75) is 38.8 Å². The molecular formula is C12H25NO4. The molecule has 0 heterocycles. The monoisotopic (exact) mass is 247 g/mol. The van der Waals surface area contributed by atoms with Crippen LogP contribution >= 0.6 is 0 Å². The third kappa shape index (κ3) is 9.09. The third-order valence-electron chi connectivity index (χ3n) is 2.21. The smallest absolute Gasteiger partial charge is 0.322 e. The largest absolute Gasteiger partial charge is 0.468 e. The number of carbonyl (C=O) groups is 1. The summed E-state index contributed by atoms with van der Waals surface area (Å²) >= 11 is 0. The Bertz CT molecular complexity index is 197. The number of esters is 1. The number of hydrogen-bond acceptors (Lipinski definition) is 5. The third-order valence-corrected chi connectivity index (χ3v) is 2.21. The number of hydrogen-bond donors (Lipinski definition) is 1. The van der Waals surface area contributed by atoms with Gasteiger partial charge in [0.1, 0.15) is 6.04 Å². The van der Waals surface area contributed by atoms with Gasteiger partial charge in [0.25, 0.3) is 0 Å². The van der Waals surface area contributed by atoms with Crippen molar-refractivity contribution in [2.75, 3.05) is 34.0 Å². The van der Waals surface area contributed by atoms with Crippen LogP contribution in [0.25, 0.3) is 0 Å². The Morgan fingerprint density at radius 3 is 2.41 bits per heavy atom. The molecule has 0 aromatic heterocycles. The van der Waals surface area contributed by atoms with Crippen LogP contribution in [0, 0.1) is 0 Å². The van der Waals surface area contributed by atoms with E-state index in [4.69, 9.17) is 14.2 Å². The lowest BCUT2D eigenvalue weighted by molar-refractivity contribution is -0.143. The molecule has 1 N–H and O–H groups in total. The minimum absolute atomic E-state index is 0.237. The van der Waals surface area contributed by atoms with Crippen molar-refractivity contribution in [2.24, 2.45) is 0 Å². The molecule has 0 saturated carbocycles. The van der Waals surface area contributed by atoms with E-state index in [0.29, 0.717) is 26.2 Å². The molecule has 0 bridgehead atoms. The maximum absolute atomic E-state index is 11.5. The fraction of sp³-hybridized carbons (Fsp3) is 0.917. The van der Waals surface area contributed by atoms with Crippen molar-refractivity contribution in [1.82, 2.24) is 5.32 Å². The molecule has 0 rings (SSSR count). The van der Waals surface area contributed by atoms with Crippen molar-refractivity contribution < 1.29 is 19.0 Å². The van der Waals surface area contributed by atoms with Gasteiger partial charge in [-0.05, 0) is 12.8 Å². The standard InChI is InChI=1S/C12H25NO4/c1-10(2)13-11(12(14)16-4)6-9-17-8-5-7-15-3/h10-11,13H,5-9H2,1-4H3. The van der Waals surface area contributed by atoms with Crippen molar-refractivity contribution in [3.05, 3.63) is 0 Å². The first-order valence-electron chi connectivity index (χ1n) is 6.02. The quantitative estimate of drug-likeness (QED) is 0.460. The summed E-state index contributed by atoms with van der Waals surface area (Å²) < 4.78 is 15.1. The van der Waals surface area contributed by atoms with Crippen LogP contribution in [0.15, 0.2) is 0 Å². The number of methoxy groups -OCH3 is 2. The van der Waals surface area contributed by atoms with Crippen LogP contribution in [-0.2, 0) is 19.0 Å². The highest BCUT2D eigenvalue weighted by Gasteiger charge is 2.19. The van der Waals surface area contributed by atoms with Gasteiger partial charge >= 0.3 is 5.97 Å². The number of ether oxygens (including phenoxy) is 3. The zero-order valence-electron chi connectivity index (χ0n) is 11.3. The lowest BCUT2D eigenvalue weighted by Crippen LogP contribution is -2.42. The molecule has 0 fully saturated rings. The Morgan fingerprint density at radius 1 is 1.18 bits per heavy atom. The highest BCUT2D eigenvalue weighted by Crippen LogP contribution is 1.98. The fourth-order valence-corrected chi connectivity index (χ4v) is 1.42. The fourth-order valence-electron chi connectivity index (χ4n) is 1.42. The van der Waals surface area contributed by atoms with Gasteiger partial charge in [-0.25, -0.2) is 0 Å². The molecule has 0 aliphatic carbocycles. The lowest BCUT2D eigenvalue weighted by atomic mass is 10.2. The maximum atomic E-state index is 11.5. The molecule has 102 valence electrons. The summed E-state index contributed by atoms with van der Waals surface area (Å²) in [6.07, 6.45) is 1.49. The molecule has 0 amide bonds. The first-order valence-corrected chi connectivity index (χ1v) is 6.02. The lowest BCUT2D eigenvalue weighted by Gasteiger charge is -2.18. The summed E-state index contributed by atoms with van der Waals surface area (Å²) in [5, 5.41) is 3.15. The first kappa shape index (κ1) is 16.4. The molecule has 0 saturated heterocycles. The molecule has 5 nitrogen and oxygen atoms in total. The number of rotatable bonds is 10. The average molecular weight is 247 g/mol.